The summed E-state index contributed by atoms with van der Waals surface area (Å²) in [5, 5.41) is 11.9. The third-order valence-electron chi connectivity index (χ3n) is 2.73. The monoisotopic (exact) mass is 240 g/mol. The maximum Gasteiger partial charge on any atom is 0.0965 e. The fraction of sp³-hybridized carbons (Fsp3) is 0.818. The fourth-order valence-corrected chi connectivity index (χ4v) is 2.84. The molecule has 1 aromatic rings. The first-order valence-electron chi connectivity index (χ1n) is 5.78. The fourth-order valence-electron chi connectivity index (χ4n) is 1.65. The van der Waals surface area contributed by atoms with Gasteiger partial charge in [0.1, 0.15) is 0 Å². The average Bonchev–Trinajstić information content (AvgIpc) is 2.85. The first kappa shape index (κ1) is 11.9. The van der Waals surface area contributed by atoms with Crippen LogP contribution in [0.25, 0.3) is 0 Å². The van der Waals surface area contributed by atoms with Crippen molar-refractivity contribution in [1.29, 1.82) is 0 Å². The van der Waals surface area contributed by atoms with E-state index >= 15 is 0 Å². The molecule has 1 aromatic heterocycles. The number of nitrogens with one attached hydrogen (secondary N) is 1. The Hall–Kier alpha value is -0.550. The largest absolute Gasteiger partial charge is 0.307 e. The molecule has 1 aliphatic heterocycles. The minimum Gasteiger partial charge on any atom is -0.307 e. The summed E-state index contributed by atoms with van der Waals surface area (Å²) in [7, 11) is 0. The van der Waals surface area contributed by atoms with E-state index in [0.29, 0.717) is 6.04 Å². The van der Waals surface area contributed by atoms with Gasteiger partial charge in [-0.3, -0.25) is 0 Å². The summed E-state index contributed by atoms with van der Waals surface area (Å²) in [5.41, 5.74) is 1.06. The quantitative estimate of drug-likeness (QED) is 0.872. The molecule has 1 unspecified atom stereocenters. The highest BCUT2D eigenvalue weighted by Crippen LogP contribution is 2.17. The van der Waals surface area contributed by atoms with Gasteiger partial charge in [0.25, 0.3) is 0 Å². The number of aromatic nitrogens is 3. The van der Waals surface area contributed by atoms with Crippen molar-refractivity contribution in [2.45, 2.75) is 45.3 Å². The van der Waals surface area contributed by atoms with Crippen molar-refractivity contribution < 1.29 is 0 Å². The van der Waals surface area contributed by atoms with Gasteiger partial charge in [0.15, 0.2) is 0 Å². The Kier molecular flexibility index (Phi) is 3.54. The zero-order valence-electron chi connectivity index (χ0n) is 10.2. The summed E-state index contributed by atoms with van der Waals surface area (Å²) in [5.74, 6) is 2.51. The molecule has 0 amide bonds. The van der Waals surface area contributed by atoms with Gasteiger partial charge in [-0.25, -0.2) is 4.68 Å². The van der Waals surface area contributed by atoms with Crippen molar-refractivity contribution in [3.63, 3.8) is 0 Å². The molecule has 1 fully saturated rings. The zero-order valence-corrected chi connectivity index (χ0v) is 11.0. The Balaban J connectivity index is 1.87. The van der Waals surface area contributed by atoms with Crippen LogP contribution in [0.1, 0.15) is 32.9 Å². The highest BCUT2D eigenvalue weighted by molar-refractivity contribution is 7.99. The van der Waals surface area contributed by atoms with Crippen molar-refractivity contribution in [2.75, 3.05) is 11.5 Å². The van der Waals surface area contributed by atoms with Gasteiger partial charge < -0.3 is 5.32 Å². The van der Waals surface area contributed by atoms with Crippen LogP contribution in [0.2, 0.25) is 0 Å². The molecular formula is C11H20N4S. The predicted octanol–water partition coefficient (Wildman–Crippen LogP) is 1.63. The van der Waals surface area contributed by atoms with Crippen LogP contribution in [0, 0.1) is 0 Å². The van der Waals surface area contributed by atoms with Crippen LogP contribution in [0.15, 0.2) is 6.20 Å². The van der Waals surface area contributed by atoms with Gasteiger partial charge in [-0.05, 0) is 32.9 Å². The van der Waals surface area contributed by atoms with Gasteiger partial charge in [0, 0.05) is 18.3 Å². The Morgan fingerprint density at radius 1 is 1.56 bits per heavy atom. The van der Waals surface area contributed by atoms with Crippen molar-refractivity contribution in [2.24, 2.45) is 0 Å². The Labute approximate surface area is 101 Å². The maximum absolute atomic E-state index is 4.19. The molecule has 0 bridgehead atoms. The van der Waals surface area contributed by atoms with Gasteiger partial charge in [-0.15, -0.1) is 5.10 Å². The van der Waals surface area contributed by atoms with E-state index in [9.17, 15) is 0 Å². The summed E-state index contributed by atoms with van der Waals surface area (Å²) < 4.78 is 1.92. The van der Waals surface area contributed by atoms with Crippen LogP contribution < -0.4 is 5.32 Å². The Morgan fingerprint density at radius 2 is 2.38 bits per heavy atom. The van der Waals surface area contributed by atoms with Gasteiger partial charge in [-0.2, -0.15) is 11.8 Å². The first-order valence-corrected chi connectivity index (χ1v) is 6.94. The second kappa shape index (κ2) is 4.75. The Bertz CT molecular complexity index is 336. The topological polar surface area (TPSA) is 42.7 Å². The molecule has 1 saturated heterocycles. The lowest BCUT2D eigenvalue weighted by Gasteiger charge is -2.17. The summed E-state index contributed by atoms with van der Waals surface area (Å²) >= 11 is 2.02. The van der Waals surface area contributed by atoms with E-state index in [4.69, 9.17) is 0 Å². The van der Waals surface area contributed by atoms with E-state index in [1.165, 1.54) is 17.9 Å². The molecule has 90 valence electrons. The van der Waals surface area contributed by atoms with E-state index < -0.39 is 0 Å². The van der Waals surface area contributed by atoms with Crippen molar-refractivity contribution in [1.82, 2.24) is 20.3 Å². The van der Waals surface area contributed by atoms with E-state index in [-0.39, 0.29) is 5.54 Å². The zero-order chi connectivity index (χ0) is 11.6. The van der Waals surface area contributed by atoms with Crippen LogP contribution in [-0.2, 0) is 12.1 Å². The highest BCUT2D eigenvalue weighted by Gasteiger charge is 2.17. The molecule has 1 atom stereocenters. The third kappa shape index (κ3) is 2.98. The van der Waals surface area contributed by atoms with E-state index in [1.54, 1.807) is 0 Å². The lowest BCUT2D eigenvalue weighted by molar-refractivity contribution is 0.347. The molecule has 0 aliphatic carbocycles. The van der Waals surface area contributed by atoms with Gasteiger partial charge in [-0.1, -0.05) is 5.21 Å². The lowest BCUT2D eigenvalue weighted by atomic mass is 10.1. The van der Waals surface area contributed by atoms with Crippen molar-refractivity contribution in [3.8, 4) is 0 Å². The van der Waals surface area contributed by atoms with Crippen LogP contribution in [0.4, 0.5) is 0 Å². The summed E-state index contributed by atoms with van der Waals surface area (Å²) in [6, 6.07) is 0.657. The molecule has 4 nitrogen and oxygen atoms in total. The van der Waals surface area contributed by atoms with Crippen LogP contribution in [0.5, 0.6) is 0 Å². The molecule has 2 heterocycles. The molecule has 2 rings (SSSR count). The van der Waals surface area contributed by atoms with Crippen molar-refractivity contribution >= 4 is 11.8 Å². The molecule has 0 aromatic carbocycles. The lowest BCUT2D eigenvalue weighted by Crippen LogP contribution is -2.28. The number of rotatable bonds is 3. The smallest absolute Gasteiger partial charge is 0.0965 e. The SMILES string of the molecule is CC(C)(C)n1cc(CNC2CCSC2)nn1. The maximum atomic E-state index is 4.19. The third-order valence-corrected chi connectivity index (χ3v) is 3.89. The minimum absolute atomic E-state index is 0.0223. The summed E-state index contributed by atoms with van der Waals surface area (Å²) in [6.45, 7) is 7.23. The standard InChI is InChI=1S/C11H20N4S/c1-11(2,3)15-7-10(13-14-15)6-12-9-4-5-16-8-9/h7,9,12H,4-6,8H2,1-3H3. The average molecular weight is 240 g/mol. The van der Waals surface area contributed by atoms with E-state index in [2.05, 4.69) is 36.4 Å². The number of nitrogens with zero attached hydrogens (tertiary/aromatic N) is 3. The highest BCUT2D eigenvalue weighted by atomic mass is 32.2. The molecule has 16 heavy (non-hydrogen) atoms. The molecule has 1 N–H and O–H groups in total. The number of thioether (sulfide) groups is 1. The Morgan fingerprint density at radius 3 is 2.94 bits per heavy atom. The molecule has 0 saturated carbocycles. The van der Waals surface area contributed by atoms with E-state index in [1.807, 2.05) is 22.6 Å². The minimum atomic E-state index is 0.0223. The van der Waals surface area contributed by atoms with Gasteiger partial charge >= 0.3 is 0 Å². The molecule has 1 aliphatic rings. The number of hydrogen-bond acceptors (Lipinski definition) is 4. The first-order chi connectivity index (χ1) is 7.55. The molecule has 0 radical (unpaired) electrons. The molecule has 0 spiro atoms. The summed E-state index contributed by atoms with van der Waals surface area (Å²) in [4.78, 5) is 0. The van der Waals surface area contributed by atoms with Crippen LogP contribution >= 0.6 is 11.8 Å². The normalized spacial score (nSPS) is 21.6. The molecular weight excluding hydrogens is 220 g/mol. The van der Waals surface area contributed by atoms with Gasteiger partial charge in [0.05, 0.1) is 17.4 Å². The van der Waals surface area contributed by atoms with Crippen molar-refractivity contribution in [3.05, 3.63) is 11.9 Å². The van der Waals surface area contributed by atoms with Gasteiger partial charge in [0.2, 0.25) is 0 Å². The van der Waals surface area contributed by atoms with Crippen LogP contribution in [-0.4, -0.2) is 32.5 Å². The molecule has 5 heteroatoms. The second-order valence-corrected chi connectivity index (χ2v) is 6.42. The van der Waals surface area contributed by atoms with Crippen LogP contribution in [0.3, 0.4) is 0 Å². The predicted molar refractivity (Wildman–Crippen MR) is 67.6 cm³/mol. The second-order valence-electron chi connectivity index (χ2n) is 5.27. The summed E-state index contributed by atoms with van der Waals surface area (Å²) in [6.07, 6.45) is 3.31. The van der Waals surface area contributed by atoms with E-state index in [0.717, 1.165) is 12.2 Å². The number of hydrogen-bond donors (Lipinski definition) is 1.